The van der Waals surface area contributed by atoms with Gasteiger partial charge in [-0.3, -0.25) is 0 Å². The van der Waals surface area contributed by atoms with E-state index in [1.165, 1.54) is 0 Å². The van der Waals surface area contributed by atoms with Crippen molar-refractivity contribution in [3.8, 4) is 11.5 Å². The van der Waals surface area contributed by atoms with Crippen molar-refractivity contribution in [3.05, 3.63) is 23.8 Å². The van der Waals surface area contributed by atoms with Gasteiger partial charge in [0, 0.05) is 6.04 Å². The molecule has 0 amide bonds. The molecule has 0 saturated carbocycles. The van der Waals surface area contributed by atoms with E-state index >= 15 is 0 Å². The van der Waals surface area contributed by atoms with Crippen LogP contribution in [0.4, 0.5) is 0 Å². The summed E-state index contributed by atoms with van der Waals surface area (Å²) < 4.78 is 10.9. The van der Waals surface area contributed by atoms with Crippen LogP contribution < -0.4 is 15.2 Å². The molecule has 102 valence electrons. The maximum Gasteiger partial charge on any atom is 0.161 e. The first-order valence-corrected chi connectivity index (χ1v) is 6.18. The summed E-state index contributed by atoms with van der Waals surface area (Å²) in [7, 11) is 1.59. The summed E-state index contributed by atoms with van der Waals surface area (Å²) >= 11 is 0. The molecule has 0 heterocycles. The number of ether oxygens (including phenoxy) is 2. The van der Waals surface area contributed by atoms with Crippen LogP contribution >= 0.6 is 0 Å². The minimum atomic E-state index is -0.829. The zero-order chi connectivity index (χ0) is 13.8. The molecule has 1 aromatic carbocycles. The van der Waals surface area contributed by atoms with Gasteiger partial charge >= 0.3 is 0 Å². The molecule has 0 fully saturated rings. The monoisotopic (exact) mass is 253 g/mol. The highest BCUT2D eigenvalue weighted by Crippen LogP contribution is 2.30. The lowest BCUT2D eigenvalue weighted by Crippen LogP contribution is -2.31. The molecule has 4 nitrogen and oxygen atoms in total. The number of benzene rings is 1. The van der Waals surface area contributed by atoms with Crippen LogP contribution in [0.1, 0.15) is 38.8 Å². The third-order valence-corrected chi connectivity index (χ3v) is 3.01. The van der Waals surface area contributed by atoms with Crippen LogP contribution in [-0.2, 0) is 0 Å². The molecular weight excluding hydrogens is 230 g/mol. The van der Waals surface area contributed by atoms with Gasteiger partial charge in [-0.1, -0.05) is 13.0 Å². The fourth-order valence-corrected chi connectivity index (χ4v) is 1.42. The van der Waals surface area contributed by atoms with Gasteiger partial charge in [0.1, 0.15) is 6.61 Å². The molecule has 18 heavy (non-hydrogen) atoms. The topological polar surface area (TPSA) is 64.7 Å². The van der Waals surface area contributed by atoms with Gasteiger partial charge in [-0.15, -0.1) is 0 Å². The van der Waals surface area contributed by atoms with Crippen molar-refractivity contribution >= 4 is 0 Å². The van der Waals surface area contributed by atoms with Crippen molar-refractivity contribution in [3.63, 3.8) is 0 Å². The first-order valence-electron chi connectivity index (χ1n) is 6.18. The molecule has 1 aromatic rings. The second kappa shape index (κ2) is 6.07. The third kappa shape index (κ3) is 3.89. The normalized spacial score (nSPS) is 15.9. The van der Waals surface area contributed by atoms with Crippen molar-refractivity contribution in [1.29, 1.82) is 0 Å². The van der Waals surface area contributed by atoms with E-state index in [1.807, 2.05) is 32.0 Å². The fraction of sp³-hybridized carbons (Fsp3) is 0.571. The minimum absolute atomic E-state index is 0.0494. The highest BCUT2D eigenvalue weighted by Gasteiger charge is 2.19. The van der Waals surface area contributed by atoms with Crippen LogP contribution in [0.15, 0.2) is 18.2 Å². The Morgan fingerprint density at radius 3 is 2.56 bits per heavy atom. The molecular formula is C14H23NO3. The van der Waals surface area contributed by atoms with Crippen LogP contribution in [-0.4, -0.2) is 24.4 Å². The van der Waals surface area contributed by atoms with Crippen LogP contribution in [0.25, 0.3) is 0 Å². The zero-order valence-electron chi connectivity index (χ0n) is 11.6. The van der Waals surface area contributed by atoms with Gasteiger partial charge in [0.2, 0.25) is 0 Å². The largest absolute Gasteiger partial charge is 0.493 e. The molecule has 0 aliphatic heterocycles. The molecule has 0 aromatic heterocycles. The average molecular weight is 253 g/mol. The van der Waals surface area contributed by atoms with E-state index in [9.17, 15) is 5.11 Å². The van der Waals surface area contributed by atoms with Crippen LogP contribution in [0.5, 0.6) is 11.5 Å². The molecule has 4 heteroatoms. The summed E-state index contributed by atoms with van der Waals surface area (Å²) in [5.41, 5.74) is 5.97. The molecule has 1 rings (SSSR count). The van der Waals surface area contributed by atoms with E-state index in [2.05, 4.69) is 0 Å². The maximum absolute atomic E-state index is 9.91. The molecule has 0 bridgehead atoms. The lowest BCUT2D eigenvalue weighted by atomic mass is 10.1. The summed E-state index contributed by atoms with van der Waals surface area (Å²) in [6.07, 6.45) is 0.632. The van der Waals surface area contributed by atoms with Crippen molar-refractivity contribution in [2.24, 2.45) is 5.73 Å². The van der Waals surface area contributed by atoms with Gasteiger partial charge in [0.15, 0.2) is 11.5 Å². The maximum atomic E-state index is 9.91. The second-order valence-corrected chi connectivity index (χ2v) is 4.84. The Morgan fingerprint density at radius 1 is 1.39 bits per heavy atom. The van der Waals surface area contributed by atoms with E-state index in [0.717, 1.165) is 5.56 Å². The van der Waals surface area contributed by atoms with Crippen molar-refractivity contribution in [2.45, 2.75) is 38.8 Å². The second-order valence-electron chi connectivity index (χ2n) is 4.84. The standard InChI is InChI=1S/C14H23NO3/c1-5-14(3,16)9-18-12-7-6-11(10(2)15)8-13(12)17-4/h6-8,10,16H,5,9,15H2,1-4H3/t10-,14?/m0/s1. The smallest absolute Gasteiger partial charge is 0.161 e. The molecule has 0 spiro atoms. The highest BCUT2D eigenvalue weighted by atomic mass is 16.5. The van der Waals surface area contributed by atoms with Gasteiger partial charge in [-0.2, -0.15) is 0 Å². The molecule has 3 N–H and O–H groups in total. The summed E-state index contributed by atoms with van der Waals surface area (Å²) in [5.74, 6) is 1.26. The average Bonchev–Trinajstić information content (AvgIpc) is 2.36. The molecule has 1 unspecified atom stereocenters. The SMILES string of the molecule is CCC(C)(O)COc1ccc([C@H](C)N)cc1OC. The fourth-order valence-electron chi connectivity index (χ4n) is 1.42. The number of rotatable bonds is 6. The molecule has 0 radical (unpaired) electrons. The highest BCUT2D eigenvalue weighted by molar-refractivity contribution is 5.43. The zero-order valence-corrected chi connectivity index (χ0v) is 11.6. The number of hydrogen-bond donors (Lipinski definition) is 2. The van der Waals surface area contributed by atoms with Crippen LogP contribution in [0, 0.1) is 0 Å². The van der Waals surface area contributed by atoms with Crippen molar-refractivity contribution in [2.75, 3.05) is 13.7 Å². The Bertz CT molecular complexity index is 389. The molecule has 2 atom stereocenters. The van der Waals surface area contributed by atoms with Crippen molar-refractivity contribution < 1.29 is 14.6 Å². The van der Waals surface area contributed by atoms with Crippen LogP contribution in [0.3, 0.4) is 0 Å². The van der Waals surface area contributed by atoms with Crippen LogP contribution in [0.2, 0.25) is 0 Å². The van der Waals surface area contributed by atoms with Gasteiger partial charge in [-0.25, -0.2) is 0 Å². The predicted octanol–water partition coefficient (Wildman–Crippen LogP) is 2.25. The first kappa shape index (κ1) is 14.8. The first-order chi connectivity index (χ1) is 8.39. The lowest BCUT2D eigenvalue weighted by molar-refractivity contribution is 0.00774. The Morgan fingerprint density at radius 2 is 2.06 bits per heavy atom. The third-order valence-electron chi connectivity index (χ3n) is 3.01. The van der Waals surface area contributed by atoms with E-state index < -0.39 is 5.60 Å². The molecule has 0 aliphatic rings. The Balaban J connectivity index is 2.83. The van der Waals surface area contributed by atoms with E-state index in [1.54, 1.807) is 14.0 Å². The van der Waals surface area contributed by atoms with Gasteiger partial charge in [0.25, 0.3) is 0 Å². The van der Waals surface area contributed by atoms with E-state index in [4.69, 9.17) is 15.2 Å². The predicted molar refractivity (Wildman–Crippen MR) is 72.0 cm³/mol. The Labute approximate surface area is 109 Å². The van der Waals surface area contributed by atoms with E-state index in [0.29, 0.717) is 17.9 Å². The number of hydrogen-bond acceptors (Lipinski definition) is 4. The van der Waals surface area contributed by atoms with Gasteiger partial charge in [-0.05, 0) is 38.0 Å². The summed E-state index contributed by atoms with van der Waals surface area (Å²) in [6, 6.07) is 5.54. The number of nitrogens with two attached hydrogens (primary N) is 1. The summed E-state index contributed by atoms with van der Waals surface area (Å²) in [4.78, 5) is 0. The summed E-state index contributed by atoms with van der Waals surface area (Å²) in [5, 5.41) is 9.91. The lowest BCUT2D eigenvalue weighted by Gasteiger charge is -2.22. The number of methoxy groups -OCH3 is 1. The quantitative estimate of drug-likeness (QED) is 0.816. The van der Waals surface area contributed by atoms with Crippen molar-refractivity contribution in [1.82, 2.24) is 0 Å². The Hall–Kier alpha value is -1.26. The molecule has 0 aliphatic carbocycles. The molecule has 0 saturated heterocycles. The van der Waals surface area contributed by atoms with Gasteiger partial charge in [0.05, 0.1) is 12.7 Å². The Kier molecular flexibility index (Phi) is 4.99. The van der Waals surface area contributed by atoms with Gasteiger partial charge < -0.3 is 20.3 Å². The number of aliphatic hydroxyl groups is 1. The van der Waals surface area contributed by atoms with E-state index in [-0.39, 0.29) is 12.6 Å². The summed E-state index contributed by atoms with van der Waals surface area (Å²) in [6.45, 7) is 5.81. The minimum Gasteiger partial charge on any atom is -0.493 e.